The Hall–Kier alpha value is -1.77. The van der Waals surface area contributed by atoms with Crippen molar-refractivity contribution in [3.05, 3.63) is 34.6 Å². The number of aromatic amines is 1. The third-order valence-electron chi connectivity index (χ3n) is 3.90. The molecule has 0 spiro atoms. The molecule has 1 aromatic heterocycles. The van der Waals surface area contributed by atoms with Crippen molar-refractivity contribution < 1.29 is 14.3 Å². The summed E-state index contributed by atoms with van der Waals surface area (Å²) >= 11 is 7.27. The minimum atomic E-state index is -0.0512. The van der Waals surface area contributed by atoms with E-state index in [-0.39, 0.29) is 24.4 Å². The number of aromatic nitrogens is 3. The average molecular weight is 397 g/mol. The normalized spacial score (nSPS) is 16.6. The van der Waals surface area contributed by atoms with Crippen molar-refractivity contribution in [3.8, 4) is 5.75 Å². The maximum absolute atomic E-state index is 11.9. The molecule has 1 aromatic carbocycles. The second kappa shape index (κ2) is 9.25. The van der Waals surface area contributed by atoms with Crippen LogP contribution in [-0.4, -0.2) is 46.1 Å². The molecule has 2 N–H and O–H groups in total. The lowest BCUT2D eigenvalue weighted by Crippen LogP contribution is -2.32. The molecule has 140 valence electrons. The number of halogens is 1. The zero-order chi connectivity index (χ0) is 18.4. The van der Waals surface area contributed by atoms with Crippen LogP contribution in [0.5, 0.6) is 5.75 Å². The maximum atomic E-state index is 11.9. The van der Waals surface area contributed by atoms with Crippen LogP contribution in [-0.2, 0) is 16.1 Å². The molecule has 2 heterocycles. The highest BCUT2D eigenvalue weighted by Gasteiger charge is 2.16. The van der Waals surface area contributed by atoms with Gasteiger partial charge in [0.1, 0.15) is 12.4 Å². The van der Waals surface area contributed by atoms with E-state index in [1.165, 1.54) is 11.8 Å². The van der Waals surface area contributed by atoms with Crippen molar-refractivity contribution in [3.63, 3.8) is 0 Å². The smallest absolute Gasteiger partial charge is 0.230 e. The lowest BCUT2D eigenvalue weighted by atomic mass is 10.2. The van der Waals surface area contributed by atoms with E-state index in [4.69, 9.17) is 21.1 Å². The molecule has 0 saturated carbocycles. The number of benzene rings is 1. The van der Waals surface area contributed by atoms with Crippen molar-refractivity contribution in [2.24, 2.45) is 0 Å². The number of hydrogen-bond donors (Lipinski definition) is 2. The number of thioether (sulfide) groups is 1. The average Bonchev–Trinajstić information content (AvgIpc) is 3.31. The number of rotatable bonds is 8. The molecule has 1 fully saturated rings. The van der Waals surface area contributed by atoms with Crippen LogP contribution in [0, 0.1) is 6.92 Å². The van der Waals surface area contributed by atoms with E-state index >= 15 is 0 Å². The summed E-state index contributed by atoms with van der Waals surface area (Å²) in [6, 6.07) is 5.47. The van der Waals surface area contributed by atoms with E-state index < -0.39 is 0 Å². The van der Waals surface area contributed by atoms with Gasteiger partial charge in [0.2, 0.25) is 11.1 Å². The van der Waals surface area contributed by atoms with Gasteiger partial charge in [0.25, 0.3) is 0 Å². The van der Waals surface area contributed by atoms with E-state index in [1.807, 2.05) is 13.0 Å². The highest BCUT2D eigenvalue weighted by Crippen LogP contribution is 2.21. The fraction of sp³-hybridized carbons (Fsp3) is 0.471. The Labute approximate surface area is 161 Å². The van der Waals surface area contributed by atoms with Gasteiger partial charge in [-0.2, -0.15) is 0 Å². The Kier molecular flexibility index (Phi) is 6.76. The van der Waals surface area contributed by atoms with E-state index in [1.54, 1.807) is 12.1 Å². The summed E-state index contributed by atoms with van der Waals surface area (Å²) in [6.07, 6.45) is 2.21. The largest absolute Gasteiger partial charge is 0.486 e. The molecule has 0 bridgehead atoms. The van der Waals surface area contributed by atoms with Gasteiger partial charge in [-0.1, -0.05) is 23.4 Å². The Morgan fingerprint density at radius 1 is 1.54 bits per heavy atom. The standard InChI is InChI=1S/C17H21ClN4O3S/c1-11-7-12(4-5-14(11)18)25-9-15-20-17(22-21-15)26-10-16(23)19-8-13-3-2-6-24-13/h4-5,7,13H,2-3,6,8-10H2,1H3,(H,19,23)(H,20,21,22)/t13-/m0/s1. The van der Waals surface area contributed by atoms with Crippen LogP contribution in [0.15, 0.2) is 23.4 Å². The predicted molar refractivity (Wildman–Crippen MR) is 99.6 cm³/mol. The number of amides is 1. The minimum Gasteiger partial charge on any atom is -0.486 e. The molecule has 0 radical (unpaired) electrons. The first-order valence-electron chi connectivity index (χ1n) is 8.41. The van der Waals surface area contributed by atoms with Crippen LogP contribution in [0.2, 0.25) is 5.02 Å². The molecule has 3 rings (SSSR count). The number of nitrogens with one attached hydrogen (secondary N) is 2. The second-order valence-electron chi connectivity index (χ2n) is 5.99. The molecule has 1 saturated heterocycles. The van der Waals surface area contributed by atoms with Crippen LogP contribution in [0.3, 0.4) is 0 Å². The number of nitrogens with zero attached hydrogens (tertiary/aromatic N) is 2. The van der Waals surface area contributed by atoms with Crippen LogP contribution >= 0.6 is 23.4 Å². The summed E-state index contributed by atoms with van der Waals surface area (Å²) in [4.78, 5) is 16.2. The third-order valence-corrected chi connectivity index (χ3v) is 5.17. The van der Waals surface area contributed by atoms with Gasteiger partial charge in [-0.15, -0.1) is 5.10 Å². The molecule has 0 aliphatic carbocycles. The van der Waals surface area contributed by atoms with Crippen LogP contribution < -0.4 is 10.1 Å². The van der Waals surface area contributed by atoms with E-state index in [9.17, 15) is 4.79 Å². The second-order valence-corrected chi connectivity index (χ2v) is 7.34. The SMILES string of the molecule is Cc1cc(OCc2nc(SCC(=O)NC[C@@H]3CCCO3)n[nH]2)ccc1Cl. The molecule has 1 atom stereocenters. The fourth-order valence-corrected chi connectivity index (χ4v) is 3.24. The van der Waals surface area contributed by atoms with Gasteiger partial charge in [0, 0.05) is 18.2 Å². The van der Waals surface area contributed by atoms with Crippen molar-refractivity contribution in [1.29, 1.82) is 0 Å². The van der Waals surface area contributed by atoms with Gasteiger partial charge in [0.05, 0.1) is 11.9 Å². The summed E-state index contributed by atoms with van der Waals surface area (Å²) < 4.78 is 11.1. The predicted octanol–water partition coefficient (Wildman–Crippen LogP) is 2.73. The zero-order valence-electron chi connectivity index (χ0n) is 14.5. The molecule has 2 aromatic rings. The molecular formula is C17H21ClN4O3S. The molecule has 7 nitrogen and oxygen atoms in total. The van der Waals surface area contributed by atoms with Crippen LogP contribution in [0.4, 0.5) is 0 Å². The maximum Gasteiger partial charge on any atom is 0.230 e. The molecule has 26 heavy (non-hydrogen) atoms. The van der Waals surface area contributed by atoms with Gasteiger partial charge in [-0.3, -0.25) is 9.89 Å². The van der Waals surface area contributed by atoms with E-state index in [0.717, 1.165) is 25.0 Å². The van der Waals surface area contributed by atoms with Crippen LogP contribution in [0.1, 0.15) is 24.2 Å². The Morgan fingerprint density at radius 3 is 3.19 bits per heavy atom. The van der Waals surface area contributed by atoms with Crippen molar-refractivity contribution in [2.45, 2.75) is 37.6 Å². The highest BCUT2D eigenvalue weighted by molar-refractivity contribution is 7.99. The van der Waals surface area contributed by atoms with Gasteiger partial charge < -0.3 is 14.8 Å². The monoisotopic (exact) mass is 396 g/mol. The van der Waals surface area contributed by atoms with Gasteiger partial charge in [0.15, 0.2) is 5.82 Å². The van der Waals surface area contributed by atoms with Gasteiger partial charge >= 0.3 is 0 Å². The summed E-state index contributed by atoms with van der Waals surface area (Å²) in [5.74, 6) is 1.52. The van der Waals surface area contributed by atoms with Crippen molar-refractivity contribution in [2.75, 3.05) is 18.9 Å². The number of carbonyl (C=O) groups excluding carboxylic acids is 1. The van der Waals surface area contributed by atoms with Crippen LogP contribution in [0.25, 0.3) is 0 Å². The first kappa shape index (κ1) is 19.0. The molecule has 9 heteroatoms. The van der Waals surface area contributed by atoms with E-state index in [0.29, 0.717) is 28.3 Å². The van der Waals surface area contributed by atoms with Gasteiger partial charge in [-0.05, 0) is 43.5 Å². The number of ether oxygens (including phenoxy) is 2. The lowest BCUT2D eigenvalue weighted by molar-refractivity contribution is -0.119. The first-order chi connectivity index (χ1) is 12.6. The van der Waals surface area contributed by atoms with Crippen molar-refractivity contribution in [1.82, 2.24) is 20.5 Å². The van der Waals surface area contributed by atoms with Crippen molar-refractivity contribution >= 4 is 29.3 Å². The summed E-state index contributed by atoms with van der Waals surface area (Å²) in [5, 5.41) is 11.0. The number of aryl methyl sites for hydroxylation is 1. The number of carbonyl (C=O) groups is 1. The summed E-state index contributed by atoms with van der Waals surface area (Å²) in [5.41, 5.74) is 0.951. The van der Waals surface area contributed by atoms with Gasteiger partial charge in [-0.25, -0.2) is 4.98 Å². The summed E-state index contributed by atoms with van der Waals surface area (Å²) in [7, 11) is 0. The topological polar surface area (TPSA) is 89.1 Å². The number of hydrogen-bond acceptors (Lipinski definition) is 6. The highest BCUT2D eigenvalue weighted by atomic mass is 35.5. The lowest BCUT2D eigenvalue weighted by Gasteiger charge is -2.09. The molecular weight excluding hydrogens is 376 g/mol. The third kappa shape index (κ3) is 5.62. The zero-order valence-corrected chi connectivity index (χ0v) is 16.0. The molecule has 1 aliphatic rings. The fourth-order valence-electron chi connectivity index (χ4n) is 2.48. The summed E-state index contributed by atoms with van der Waals surface area (Å²) in [6.45, 7) is 3.53. The Morgan fingerprint density at radius 2 is 2.42 bits per heavy atom. The Bertz CT molecular complexity index is 749. The van der Waals surface area contributed by atoms with E-state index in [2.05, 4.69) is 20.5 Å². The Balaban J connectivity index is 1.39. The molecule has 1 amide bonds. The first-order valence-corrected chi connectivity index (χ1v) is 9.78. The number of H-pyrrole nitrogens is 1. The molecule has 1 aliphatic heterocycles. The quantitative estimate of drug-likeness (QED) is 0.667. The minimum absolute atomic E-state index is 0.0512. The molecule has 0 unspecified atom stereocenters.